The van der Waals surface area contributed by atoms with Gasteiger partial charge in [-0.05, 0) is 56.4 Å². The fourth-order valence-corrected chi connectivity index (χ4v) is 3.21. The molecule has 1 heterocycles. The SMILES string of the molecule is Cc1ccc(F)cc1CN1CC(C)(C)NCC1CC(C)C. The van der Waals surface area contributed by atoms with Gasteiger partial charge >= 0.3 is 0 Å². The first-order valence-electron chi connectivity index (χ1n) is 8.01. The Morgan fingerprint density at radius 2 is 2.10 bits per heavy atom. The predicted molar refractivity (Wildman–Crippen MR) is 86.9 cm³/mol. The second-order valence-corrected chi connectivity index (χ2v) is 7.52. The summed E-state index contributed by atoms with van der Waals surface area (Å²) in [5.74, 6) is 0.541. The Hall–Kier alpha value is -0.930. The Morgan fingerprint density at radius 3 is 2.76 bits per heavy atom. The van der Waals surface area contributed by atoms with Gasteiger partial charge in [-0.15, -0.1) is 0 Å². The molecule has 0 spiro atoms. The molecule has 1 aromatic rings. The second-order valence-electron chi connectivity index (χ2n) is 7.52. The van der Waals surface area contributed by atoms with Crippen molar-refractivity contribution in [1.82, 2.24) is 10.2 Å². The van der Waals surface area contributed by atoms with Crippen molar-refractivity contribution in [3.8, 4) is 0 Å². The van der Waals surface area contributed by atoms with Crippen LogP contribution in [0.2, 0.25) is 0 Å². The van der Waals surface area contributed by atoms with E-state index in [2.05, 4.69) is 44.8 Å². The van der Waals surface area contributed by atoms with Crippen molar-refractivity contribution in [1.29, 1.82) is 0 Å². The van der Waals surface area contributed by atoms with Crippen LogP contribution in [0.25, 0.3) is 0 Å². The molecule has 0 radical (unpaired) electrons. The summed E-state index contributed by atoms with van der Waals surface area (Å²) in [6, 6.07) is 5.65. The number of piperazine rings is 1. The highest BCUT2D eigenvalue weighted by molar-refractivity contribution is 5.26. The molecule has 2 rings (SSSR count). The monoisotopic (exact) mass is 292 g/mol. The third-order valence-corrected chi connectivity index (χ3v) is 4.36. The first kappa shape index (κ1) is 16.4. The molecule has 21 heavy (non-hydrogen) atoms. The lowest BCUT2D eigenvalue weighted by molar-refractivity contribution is 0.0757. The van der Waals surface area contributed by atoms with Crippen molar-refractivity contribution in [3.05, 3.63) is 35.1 Å². The smallest absolute Gasteiger partial charge is 0.123 e. The summed E-state index contributed by atoms with van der Waals surface area (Å²) in [6.45, 7) is 13.9. The Balaban J connectivity index is 2.17. The third kappa shape index (κ3) is 4.52. The minimum absolute atomic E-state index is 0.120. The van der Waals surface area contributed by atoms with Crippen LogP contribution in [0.3, 0.4) is 0 Å². The van der Waals surface area contributed by atoms with Crippen LogP contribution < -0.4 is 5.32 Å². The van der Waals surface area contributed by atoms with E-state index in [-0.39, 0.29) is 11.4 Å². The van der Waals surface area contributed by atoms with Gasteiger partial charge in [0, 0.05) is 31.2 Å². The van der Waals surface area contributed by atoms with Gasteiger partial charge in [-0.25, -0.2) is 4.39 Å². The van der Waals surface area contributed by atoms with Gasteiger partial charge in [-0.3, -0.25) is 4.90 Å². The standard InChI is InChI=1S/C18H29FN2/c1-13(2)8-17-10-20-18(4,5)12-21(17)11-15-9-16(19)7-6-14(15)3/h6-7,9,13,17,20H,8,10-12H2,1-5H3. The molecule has 1 N–H and O–H groups in total. The zero-order valence-corrected chi connectivity index (χ0v) is 14.0. The van der Waals surface area contributed by atoms with Crippen LogP contribution in [0.4, 0.5) is 4.39 Å². The van der Waals surface area contributed by atoms with Gasteiger partial charge in [-0.2, -0.15) is 0 Å². The van der Waals surface area contributed by atoms with E-state index in [4.69, 9.17) is 0 Å². The van der Waals surface area contributed by atoms with E-state index >= 15 is 0 Å². The van der Waals surface area contributed by atoms with Crippen LogP contribution in [0.1, 0.15) is 45.2 Å². The van der Waals surface area contributed by atoms with Crippen LogP contribution in [-0.2, 0) is 6.54 Å². The molecular formula is C18H29FN2. The number of benzene rings is 1. The quantitative estimate of drug-likeness (QED) is 0.909. The molecule has 118 valence electrons. The van der Waals surface area contributed by atoms with Gasteiger partial charge in [0.05, 0.1) is 0 Å². The number of nitrogens with one attached hydrogen (secondary N) is 1. The lowest BCUT2D eigenvalue weighted by Gasteiger charge is -2.45. The molecule has 2 nitrogen and oxygen atoms in total. The predicted octanol–water partition coefficient (Wildman–Crippen LogP) is 3.73. The van der Waals surface area contributed by atoms with Gasteiger partial charge in [0.2, 0.25) is 0 Å². The molecule has 0 bridgehead atoms. The molecule has 1 fully saturated rings. The van der Waals surface area contributed by atoms with E-state index in [0.717, 1.165) is 25.2 Å². The first-order chi connectivity index (χ1) is 9.77. The highest BCUT2D eigenvalue weighted by Crippen LogP contribution is 2.23. The maximum Gasteiger partial charge on any atom is 0.123 e. The summed E-state index contributed by atoms with van der Waals surface area (Å²) >= 11 is 0. The molecule has 1 aromatic carbocycles. The largest absolute Gasteiger partial charge is 0.309 e. The molecule has 0 saturated carbocycles. The first-order valence-corrected chi connectivity index (χ1v) is 8.01. The highest BCUT2D eigenvalue weighted by atomic mass is 19.1. The molecule has 1 aliphatic heterocycles. The fraction of sp³-hybridized carbons (Fsp3) is 0.667. The van der Waals surface area contributed by atoms with Gasteiger partial charge in [0.25, 0.3) is 0 Å². The van der Waals surface area contributed by atoms with Crippen molar-refractivity contribution in [3.63, 3.8) is 0 Å². The van der Waals surface area contributed by atoms with Crippen LogP contribution in [-0.4, -0.2) is 29.6 Å². The molecule has 0 aromatic heterocycles. The topological polar surface area (TPSA) is 15.3 Å². The summed E-state index contributed by atoms with van der Waals surface area (Å²) in [7, 11) is 0. The molecule has 1 aliphatic rings. The summed E-state index contributed by atoms with van der Waals surface area (Å²) in [6.07, 6.45) is 1.18. The number of hydrogen-bond acceptors (Lipinski definition) is 2. The summed E-state index contributed by atoms with van der Waals surface area (Å²) < 4.78 is 13.5. The zero-order chi connectivity index (χ0) is 15.6. The van der Waals surface area contributed by atoms with Gasteiger partial charge < -0.3 is 5.32 Å². The van der Waals surface area contributed by atoms with Gasteiger partial charge in [-0.1, -0.05) is 19.9 Å². The Bertz CT molecular complexity index is 482. The summed E-state index contributed by atoms with van der Waals surface area (Å²) in [5.41, 5.74) is 2.41. The van der Waals surface area contributed by atoms with E-state index < -0.39 is 0 Å². The van der Waals surface area contributed by atoms with Crippen molar-refractivity contribution >= 4 is 0 Å². The van der Waals surface area contributed by atoms with E-state index in [1.807, 2.05) is 6.07 Å². The van der Waals surface area contributed by atoms with Gasteiger partial charge in [0.1, 0.15) is 5.82 Å². The molecule has 1 saturated heterocycles. The number of halogens is 1. The maximum absolute atomic E-state index is 13.5. The molecular weight excluding hydrogens is 263 g/mol. The average molecular weight is 292 g/mol. The van der Waals surface area contributed by atoms with E-state index in [1.165, 1.54) is 12.0 Å². The number of hydrogen-bond donors (Lipinski definition) is 1. The number of aryl methyl sites for hydroxylation is 1. The van der Waals surface area contributed by atoms with Crippen molar-refractivity contribution < 1.29 is 4.39 Å². The third-order valence-electron chi connectivity index (χ3n) is 4.36. The van der Waals surface area contributed by atoms with Crippen LogP contribution in [0.5, 0.6) is 0 Å². The van der Waals surface area contributed by atoms with E-state index in [9.17, 15) is 4.39 Å². The van der Waals surface area contributed by atoms with Crippen LogP contribution >= 0.6 is 0 Å². The molecule has 1 unspecified atom stereocenters. The van der Waals surface area contributed by atoms with Gasteiger partial charge in [0.15, 0.2) is 0 Å². The van der Waals surface area contributed by atoms with Crippen molar-refractivity contribution in [2.75, 3.05) is 13.1 Å². The minimum atomic E-state index is -0.134. The molecule has 3 heteroatoms. The number of nitrogens with zero attached hydrogens (tertiary/aromatic N) is 1. The average Bonchev–Trinajstić information content (AvgIpc) is 2.36. The lowest BCUT2D eigenvalue weighted by Crippen LogP contribution is -2.61. The minimum Gasteiger partial charge on any atom is -0.309 e. The highest BCUT2D eigenvalue weighted by Gasteiger charge is 2.32. The van der Waals surface area contributed by atoms with Crippen LogP contribution in [0.15, 0.2) is 18.2 Å². The summed E-state index contributed by atoms with van der Waals surface area (Å²) in [4.78, 5) is 2.53. The molecule has 0 amide bonds. The zero-order valence-electron chi connectivity index (χ0n) is 14.0. The Kier molecular flexibility index (Phi) is 5.05. The molecule has 0 aliphatic carbocycles. The van der Waals surface area contributed by atoms with E-state index in [1.54, 1.807) is 12.1 Å². The Morgan fingerprint density at radius 1 is 1.38 bits per heavy atom. The Labute approximate surface area is 128 Å². The number of rotatable bonds is 4. The fourth-order valence-electron chi connectivity index (χ4n) is 3.21. The van der Waals surface area contributed by atoms with Crippen molar-refractivity contribution in [2.45, 2.75) is 59.2 Å². The van der Waals surface area contributed by atoms with Crippen LogP contribution in [0, 0.1) is 18.7 Å². The normalized spacial score (nSPS) is 22.7. The molecule has 1 atom stereocenters. The lowest BCUT2D eigenvalue weighted by atomic mass is 9.93. The maximum atomic E-state index is 13.5. The van der Waals surface area contributed by atoms with Crippen molar-refractivity contribution in [2.24, 2.45) is 5.92 Å². The van der Waals surface area contributed by atoms with E-state index in [0.29, 0.717) is 12.0 Å². The summed E-state index contributed by atoms with van der Waals surface area (Å²) in [5, 5.41) is 3.64. The second kappa shape index (κ2) is 6.45.